The van der Waals surface area contributed by atoms with Crippen LogP contribution in [0.5, 0.6) is 0 Å². The molecule has 0 bridgehead atoms. The van der Waals surface area contributed by atoms with E-state index in [-0.39, 0.29) is 9.92 Å². The van der Waals surface area contributed by atoms with E-state index in [0.717, 1.165) is 17.9 Å². The van der Waals surface area contributed by atoms with Crippen molar-refractivity contribution in [2.45, 2.75) is 18.2 Å². The Morgan fingerprint density at radius 3 is 2.78 bits per heavy atom. The fourth-order valence-corrected chi connectivity index (χ4v) is 4.78. The topological polar surface area (TPSA) is 46.2 Å². The van der Waals surface area contributed by atoms with Crippen molar-refractivity contribution < 1.29 is 8.42 Å². The monoisotopic (exact) mass is 371 g/mol. The Morgan fingerprint density at radius 1 is 1.44 bits per heavy atom. The molecule has 0 saturated heterocycles. The van der Waals surface area contributed by atoms with Gasteiger partial charge in [-0.2, -0.15) is 11.8 Å². The van der Waals surface area contributed by atoms with Crippen LogP contribution in [0.2, 0.25) is 5.02 Å². The van der Waals surface area contributed by atoms with Crippen molar-refractivity contribution in [3.05, 3.63) is 27.7 Å². The molecule has 18 heavy (non-hydrogen) atoms. The molecule has 1 aromatic carbocycles. The summed E-state index contributed by atoms with van der Waals surface area (Å²) in [6.45, 7) is 2.50. The molecule has 7 heteroatoms. The standard InChI is InChI=1S/C11H15BrClNO2S2/c1-2-17-8-4-7-14-18(15,16)11-9(12)5-3-6-10(11)13/h3,5-6,14H,2,4,7-8H2,1H3. The highest BCUT2D eigenvalue weighted by Crippen LogP contribution is 2.28. The summed E-state index contributed by atoms with van der Waals surface area (Å²) in [5, 5.41) is 0.222. The van der Waals surface area contributed by atoms with Gasteiger partial charge in [0.25, 0.3) is 0 Å². The maximum Gasteiger partial charge on any atom is 0.243 e. The highest BCUT2D eigenvalue weighted by atomic mass is 79.9. The molecular weight excluding hydrogens is 358 g/mol. The number of hydrogen-bond donors (Lipinski definition) is 1. The van der Waals surface area contributed by atoms with Crippen molar-refractivity contribution in [2.75, 3.05) is 18.1 Å². The lowest BCUT2D eigenvalue weighted by Gasteiger charge is -2.09. The first-order valence-electron chi connectivity index (χ1n) is 5.50. The summed E-state index contributed by atoms with van der Waals surface area (Å²) in [7, 11) is -3.55. The van der Waals surface area contributed by atoms with Crippen LogP contribution < -0.4 is 4.72 Å². The summed E-state index contributed by atoms with van der Waals surface area (Å²) in [5.74, 6) is 1.99. The number of sulfonamides is 1. The van der Waals surface area contributed by atoms with Gasteiger partial charge in [-0.05, 0) is 46.0 Å². The minimum Gasteiger partial charge on any atom is -0.211 e. The lowest BCUT2D eigenvalue weighted by molar-refractivity contribution is 0.580. The third-order valence-corrected chi connectivity index (χ3v) is 6.05. The third kappa shape index (κ3) is 4.74. The molecule has 0 atom stereocenters. The second kappa shape index (κ2) is 7.75. The number of hydrogen-bond acceptors (Lipinski definition) is 3. The molecule has 0 unspecified atom stereocenters. The van der Waals surface area contributed by atoms with Gasteiger partial charge in [0.15, 0.2) is 0 Å². The van der Waals surface area contributed by atoms with Crippen molar-refractivity contribution in [3.63, 3.8) is 0 Å². The van der Waals surface area contributed by atoms with Gasteiger partial charge >= 0.3 is 0 Å². The number of nitrogens with one attached hydrogen (secondary N) is 1. The van der Waals surface area contributed by atoms with Crippen LogP contribution in [0.4, 0.5) is 0 Å². The van der Waals surface area contributed by atoms with Crippen LogP contribution in [0.25, 0.3) is 0 Å². The Morgan fingerprint density at radius 2 is 2.17 bits per heavy atom. The Labute approximate surface area is 126 Å². The van der Waals surface area contributed by atoms with Gasteiger partial charge in [0, 0.05) is 11.0 Å². The highest BCUT2D eigenvalue weighted by molar-refractivity contribution is 9.10. The van der Waals surface area contributed by atoms with E-state index < -0.39 is 10.0 Å². The number of halogens is 2. The zero-order valence-electron chi connectivity index (χ0n) is 9.95. The summed E-state index contributed by atoms with van der Waals surface area (Å²) in [4.78, 5) is 0.106. The van der Waals surface area contributed by atoms with E-state index in [4.69, 9.17) is 11.6 Å². The molecule has 0 fully saturated rings. The van der Waals surface area contributed by atoms with Crippen molar-refractivity contribution >= 4 is 49.3 Å². The molecule has 0 radical (unpaired) electrons. The molecule has 0 heterocycles. The van der Waals surface area contributed by atoms with Gasteiger partial charge in [0.05, 0.1) is 5.02 Å². The van der Waals surface area contributed by atoms with Crippen LogP contribution in [-0.2, 0) is 10.0 Å². The van der Waals surface area contributed by atoms with E-state index in [1.807, 2.05) is 0 Å². The van der Waals surface area contributed by atoms with Gasteiger partial charge in [-0.25, -0.2) is 13.1 Å². The summed E-state index contributed by atoms with van der Waals surface area (Å²) in [6.07, 6.45) is 0.805. The second-order valence-electron chi connectivity index (χ2n) is 3.50. The summed E-state index contributed by atoms with van der Waals surface area (Å²) < 4.78 is 27.2. The van der Waals surface area contributed by atoms with Crippen molar-refractivity contribution in [1.29, 1.82) is 0 Å². The molecule has 1 rings (SSSR count). The number of benzene rings is 1. The fourth-order valence-electron chi connectivity index (χ4n) is 1.34. The fraction of sp³-hybridized carbons (Fsp3) is 0.455. The SMILES string of the molecule is CCSCCCNS(=O)(=O)c1c(Cl)cccc1Br. The Kier molecular flexibility index (Phi) is 7.02. The van der Waals surface area contributed by atoms with Gasteiger partial charge in [0.1, 0.15) is 4.90 Å². The molecule has 0 aliphatic heterocycles. The van der Waals surface area contributed by atoms with Crippen LogP contribution in [0.15, 0.2) is 27.6 Å². The first kappa shape index (κ1) is 16.3. The first-order chi connectivity index (χ1) is 8.49. The number of rotatable bonds is 7. The van der Waals surface area contributed by atoms with Crippen LogP contribution in [0, 0.1) is 0 Å². The molecule has 1 N–H and O–H groups in total. The van der Waals surface area contributed by atoms with Crippen LogP contribution in [-0.4, -0.2) is 26.5 Å². The molecule has 0 spiro atoms. The van der Waals surface area contributed by atoms with Crippen LogP contribution >= 0.6 is 39.3 Å². The van der Waals surface area contributed by atoms with Crippen molar-refractivity contribution in [2.24, 2.45) is 0 Å². The average molecular weight is 373 g/mol. The molecule has 0 aliphatic carbocycles. The molecule has 102 valence electrons. The lowest BCUT2D eigenvalue weighted by Crippen LogP contribution is -2.25. The maximum atomic E-state index is 12.1. The van der Waals surface area contributed by atoms with Gasteiger partial charge in [-0.3, -0.25) is 0 Å². The predicted octanol–water partition coefficient (Wildman–Crippen LogP) is 3.52. The molecule has 0 amide bonds. The van der Waals surface area contributed by atoms with Crippen LogP contribution in [0.1, 0.15) is 13.3 Å². The first-order valence-corrected chi connectivity index (χ1v) is 9.31. The second-order valence-corrected chi connectivity index (χ2v) is 7.86. The van der Waals surface area contributed by atoms with E-state index >= 15 is 0 Å². The Hall–Kier alpha value is 0.250. The lowest BCUT2D eigenvalue weighted by atomic mass is 10.4. The Balaban J connectivity index is 2.69. The average Bonchev–Trinajstić information content (AvgIpc) is 2.28. The third-order valence-electron chi connectivity index (χ3n) is 2.15. The van der Waals surface area contributed by atoms with E-state index in [1.54, 1.807) is 30.0 Å². The minimum atomic E-state index is -3.55. The summed E-state index contributed by atoms with van der Waals surface area (Å²) >= 11 is 10.9. The molecule has 3 nitrogen and oxygen atoms in total. The number of thioether (sulfide) groups is 1. The predicted molar refractivity (Wildman–Crippen MR) is 82.0 cm³/mol. The van der Waals surface area contributed by atoms with Crippen molar-refractivity contribution in [3.8, 4) is 0 Å². The molecular formula is C11H15BrClNO2S2. The normalized spacial score (nSPS) is 11.7. The maximum absolute atomic E-state index is 12.1. The molecule has 1 aromatic rings. The van der Waals surface area contributed by atoms with Gasteiger partial charge in [0.2, 0.25) is 10.0 Å². The van der Waals surface area contributed by atoms with E-state index in [2.05, 4.69) is 27.6 Å². The van der Waals surface area contributed by atoms with Gasteiger partial charge in [-0.15, -0.1) is 0 Å². The summed E-state index contributed by atoms with van der Waals surface area (Å²) in [6, 6.07) is 4.92. The van der Waals surface area contributed by atoms with E-state index in [0.29, 0.717) is 11.0 Å². The zero-order valence-corrected chi connectivity index (χ0v) is 13.9. The quantitative estimate of drug-likeness (QED) is 0.745. The summed E-state index contributed by atoms with van der Waals surface area (Å²) in [5.41, 5.74) is 0. The smallest absolute Gasteiger partial charge is 0.211 e. The zero-order chi connectivity index (χ0) is 13.6. The van der Waals surface area contributed by atoms with Gasteiger partial charge in [-0.1, -0.05) is 24.6 Å². The van der Waals surface area contributed by atoms with Crippen LogP contribution in [0.3, 0.4) is 0 Å². The van der Waals surface area contributed by atoms with E-state index in [9.17, 15) is 8.42 Å². The van der Waals surface area contributed by atoms with Gasteiger partial charge < -0.3 is 0 Å². The molecule has 0 saturated carbocycles. The molecule has 0 aliphatic rings. The highest BCUT2D eigenvalue weighted by Gasteiger charge is 2.20. The Bertz CT molecular complexity index is 474. The van der Waals surface area contributed by atoms with Crippen molar-refractivity contribution in [1.82, 2.24) is 4.72 Å². The largest absolute Gasteiger partial charge is 0.243 e. The molecule has 0 aromatic heterocycles. The minimum absolute atomic E-state index is 0.106. The van der Waals surface area contributed by atoms with E-state index in [1.165, 1.54) is 0 Å².